The molecule has 2 aromatic carbocycles. The second-order valence-electron chi connectivity index (χ2n) is 14.9. The molecule has 44 heavy (non-hydrogen) atoms. The first-order chi connectivity index (χ1) is 21.5. The van der Waals surface area contributed by atoms with Gasteiger partial charge in [-0.1, -0.05) is 13.8 Å². The van der Waals surface area contributed by atoms with E-state index in [0.717, 1.165) is 46.6 Å². The highest BCUT2D eigenvalue weighted by atomic mass is 16.3. The predicted octanol–water partition coefficient (Wildman–Crippen LogP) is 8.08. The second-order valence-corrected chi connectivity index (χ2v) is 14.9. The maximum atomic E-state index is 9.88. The molecule has 6 heteroatoms. The first-order valence-electron chi connectivity index (χ1n) is 17.5. The molecule has 0 amide bonds. The number of fused-ring (bicyclic) bond motifs is 8. The number of aromatic hydroxyl groups is 2. The molecule has 6 fully saturated rings. The van der Waals surface area contributed by atoms with Crippen LogP contribution in [-0.4, -0.2) is 57.3 Å². The van der Waals surface area contributed by atoms with Crippen LogP contribution in [0.4, 0.5) is 0 Å². The van der Waals surface area contributed by atoms with Crippen LogP contribution in [0.25, 0.3) is 21.9 Å². The number of piperidine rings is 4. The van der Waals surface area contributed by atoms with Crippen LogP contribution in [0.3, 0.4) is 0 Å². The molecule has 12 rings (SSSR count). The molecule has 4 aromatic rings. The van der Waals surface area contributed by atoms with E-state index in [4.69, 9.17) is 8.83 Å². The summed E-state index contributed by atoms with van der Waals surface area (Å²) in [5.41, 5.74) is 4.65. The van der Waals surface area contributed by atoms with Crippen molar-refractivity contribution in [1.29, 1.82) is 0 Å². The van der Waals surface area contributed by atoms with Crippen LogP contribution in [0.2, 0.25) is 0 Å². The lowest BCUT2D eigenvalue weighted by atomic mass is 9.71. The Morgan fingerprint density at radius 1 is 0.659 bits per heavy atom. The smallest absolute Gasteiger partial charge is 0.134 e. The molecule has 8 heterocycles. The molecule has 0 radical (unpaired) electrons. The van der Waals surface area contributed by atoms with Crippen molar-refractivity contribution in [1.82, 2.24) is 9.80 Å². The molecular formula is C38H46N2O4. The predicted molar refractivity (Wildman–Crippen MR) is 172 cm³/mol. The third-order valence-electron chi connectivity index (χ3n) is 12.7. The largest absolute Gasteiger partial charge is 0.508 e. The van der Waals surface area contributed by atoms with Crippen LogP contribution in [0, 0.1) is 11.8 Å². The summed E-state index contributed by atoms with van der Waals surface area (Å²) in [5, 5.41) is 22.0. The summed E-state index contributed by atoms with van der Waals surface area (Å²) in [4.78, 5) is 5.57. The minimum absolute atomic E-state index is 0.346. The summed E-state index contributed by atoms with van der Waals surface area (Å²) in [6.07, 6.45) is 12.6. The van der Waals surface area contributed by atoms with Crippen molar-refractivity contribution >= 4 is 21.9 Å². The topological polar surface area (TPSA) is 73.2 Å². The van der Waals surface area contributed by atoms with Gasteiger partial charge in [-0.15, -0.1) is 0 Å². The lowest BCUT2D eigenvalue weighted by Gasteiger charge is -2.51. The van der Waals surface area contributed by atoms with Crippen LogP contribution in [0.1, 0.15) is 99.7 Å². The van der Waals surface area contributed by atoms with Gasteiger partial charge in [-0.2, -0.15) is 0 Å². The van der Waals surface area contributed by atoms with E-state index in [1.807, 2.05) is 24.3 Å². The SMILES string of the molecule is CC[C@@H]1Cc2c(oc3ccc(O)cc23)C2CC3CCC2N1C3.CC[C@H]1Cc2c(oc3ccc(O)cc23)C2CC3CCC2N1C3. The molecule has 6 nitrogen and oxygen atoms in total. The van der Waals surface area contributed by atoms with E-state index in [1.165, 1.54) is 87.1 Å². The number of hydrogen-bond acceptors (Lipinski definition) is 6. The summed E-state index contributed by atoms with van der Waals surface area (Å²) in [5.74, 6) is 5.97. The van der Waals surface area contributed by atoms with Gasteiger partial charge in [0, 0.05) is 71.0 Å². The Morgan fingerprint density at radius 3 is 1.52 bits per heavy atom. The van der Waals surface area contributed by atoms with Gasteiger partial charge in [-0.25, -0.2) is 0 Å². The summed E-state index contributed by atoms with van der Waals surface area (Å²) >= 11 is 0. The van der Waals surface area contributed by atoms with Crippen molar-refractivity contribution in [3.63, 3.8) is 0 Å². The van der Waals surface area contributed by atoms with Gasteiger partial charge in [-0.3, -0.25) is 9.80 Å². The lowest BCUT2D eigenvalue weighted by Crippen LogP contribution is -2.55. The fourth-order valence-corrected chi connectivity index (χ4v) is 10.7. The number of furan rings is 2. The van der Waals surface area contributed by atoms with E-state index < -0.39 is 0 Å². The summed E-state index contributed by atoms with van der Waals surface area (Å²) in [6, 6.07) is 13.7. The van der Waals surface area contributed by atoms with Crippen molar-refractivity contribution in [2.75, 3.05) is 13.1 Å². The number of nitrogens with zero attached hydrogens (tertiary/aromatic N) is 2. The Morgan fingerprint density at radius 2 is 1.11 bits per heavy atom. The van der Waals surface area contributed by atoms with Gasteiger partial charge < -0.3 is 19.0 Å². The molecule has 2 aromatic heterocycles. The quantitative estimate of drug-likeness (QED) is 0.244. The minimum Gasteiger partial charge on any atom is -0.508 e. The number of phenols is 2. The average molecular weight is 595 g/mol. The first-order valence-corrected chi connectivity index (χ1v) is 17.5. The number of rotatable bonds is 2. The zero-order valence-corrected chi connectivity index (χ0v) is 26.2. The van der Waals surface area contributed by atoms with Gasteiger partial charge >= 0.3 is 0 Å². The summed E-state index contributed by atoms with van der Waals surface area (Å²) in [7, 11) is 0. The van der Waals surface area contributed by atoms with E-state index in [1.54, 1.807) is 12.1 Å². The third-order valence-corrected chi connectivity index (χ3v) is 12.7. The van der Waals surface area contributed by atoms with Crippen molar-refractivity contribution in [2.24, 2.45) is 11.8 Å². The van der Waals surface area contributed by atoms with Crippen LogP contribution in [0.15, 0.2) is 45.2 Å². The molecule has 4 saturated heterocycles. The van der Waals surface area contributed by atoms with Crippen molar-refractivity contribution in [2.45, 2.75) is 114 Å². The van der Waals surface area contributed by atoms with E-state index >= 15 is 0 Å². The number of benzene rings is 2. The minimum atomic E-state index is 0.346. The van der Waals surface area contributed by atoms with Crippen LogP contribution >= 0.6 is 0 Å². The van der Waals surface area contributed by atoms with Crippen molar-refractivity contribution in [3.05, 3.63) is 59.0 Å². The van der Waals surface area contributed by atoms with Gasteiger partial charge in [0.05, 0.1) is 0 Å². The van der Waals surface area contributed by atoms with Crippen LogP contribution in [0.5, 0.6) is 11.5 Å². The summed E-state index contributed by atoms with van der Waals surface area (Å²) < 4.78 is 12.6. The highest BCUT2D eigenvalue weighted by Gasteiger charge is 2.49. The molecule has 8 unspecified atom stereocenters. The fourth-order valence-electron chi connectivity index (χ4n) is 10.7. The van der Waals surface area contributed by atoms with E-state index in [9.17, 15) is 10.2 Å². The molecule has 10 atom stereocenters. The van der Waals surface area contributed by atoms with Gasteiger partial charge in [0.25, 0.3) is 0 Å². The zero-order valence-electron chi connectivity index (χ0n) is 26.2. The van der Waals surface area contributed by atoms with E-state index in [2.05, 4.69) is 23.6 Å². The van der Waals surface area contributed by atoms with E-state index in [-0.39, 0.29) is 0 Å². The molecule has 2 N–H and O–H groups in total. The normalized spacial score (nSPS) is 36.3. The van der Waals surface area contributed by atoms with Crippen molar-refractivity contribution < 1.29 is 19.0 Å². The third kappa shape index (κ3) is 4.12. The highest BCUT2D eigenvalue weighted by molar-refractivity contribution is 5.85. The van der Waals surface area contributed by atoms with Gasteiger partial charge in [0.1, 0.15) is 34.2 Å². The fraction of sp³-hybridized carbons (Fsp3) is 0.579. The standard InChI is InChI=1S/2C19H23NO2/c2*1-2-12-8-15-14-9-13(21)4-6-18(14)22-19(15)16-7-11-3-5-17(16)20(12)10-11/h2*4,6,9,11-12,16-17,21H,2-3,5,7-8,10H2,1H3/t2*11?,12-,16?,17?/m10/s1. The molecule has 2 saturated carbocycles. The van der Waals surface area contributed by atoms with Crippen LogP contribution in [-0.2, 0) is 12.8 Å². The Labute approximate surface area is 260 Å². The van der Waals surface area contributed by atoms with Gasteiger partial charge in [0.15, 0.2) is 0 Å². The first kappa shape index (κ1) is 27.4. The molecule has 8 bridgehead atoms. The molecular weight excluding hydrogens is 548 g/mol. The zero-order chi connectivity index (χ0) is 29.7. The van der Waals surface area contributed by atoms with E-state index in [0.29, 0.717) is 47.5 Å². The monoisotopic (exact) mass is 594 g/mol. The maximum absolute atomic E-state index is 9.88. The van der Waals surface area contributed by atoms with Crippen LogP contribution < -0.4 is 0 Å². The Kier molecular flexibility index (Phi) is 6.39. The molecule has 8 aliphatic rings. The second kappa shape index (κ2) is 10.3. The number of phenolic OH excluding ortho intramolecular Hbond substituents is 2. The maximum Gasteiger partial charge on any atom is 0.134 e. The van der Waals surface area contributed by atoms with Gasteiger partial charge in [-0.05, 0) is 112 Å². The van der Waals surface area contributed by atoms with Crippen molar-refractivity contribution in [3.8, 4) is 11.5 Å². The summed E-state index contributed by atoms with van der Waals surface area (Å²) in [6.45, 7) is 7.19. The molecule has 232 valence electrons. The number of hydrogen-bond donors (Lipinski definition) is 2. The van der Waals surface area contributed by atoms with Gasteiger partial charge in [0.2, 0.25) is 0 Å². The Bertz CT molecular complexity index is 1590. The lowest BCUT2D eigenvalue weighted by molar-refractivity contribution is -0.00185. The Hall–Kier alpha value is -2.96. The Balaban J connectivity index is 0.000000123. The molecule has 0 spiro atoms. The average Bonchev–Trinajstić information content (AvgIpc) is 3.54. The molecule has 2 aliphatic carbocycles. The molecule has 6 aliphatic heterocycles. The highest BCUT2D eigenvalue weighted by Crippen LogP contribution is 2.52.